The number of carbonyl (C=O) groups excluding carboxylic acids is 2. The fourth-order valence-corrected chi connectivity index (χ4v) is 2.85. The Hall–Kier alpha value is -3.40. The highest BCUT2D eigenvalue weighted by Gasteiger charge is 2.29. The minimum Gasteiger partial charge on any atom is -0.508 e. The number of imidazole rings is 1. The maximum absolute atomic E-state index is 12.8. The lowest BCUT2D eigenvalue weighted by atomic mass is 10.0. The van der Waals surface area contributed by atoms with Crippen molar-refractivity contribution >= 4 is 17.8 Å². The Morgan fingerprint density at radius 1 is 1.10 bits per heavy atom. The number of benzene rings is 1. The summed E-state index contributed by atoms with van der Waals surface area (Å²) < 4.78 is 0. The molecule has 0 saturated carbocycles. The molecule has 30 heavy (non-hydrogen) atoms. The van der Waals surface area contributed by atoms with E-state index < -0.39 is 35.9 Å². The Bertz CT molecular complexity index is 851. The standard InChI is InChI=1S/C20H27N5O5/c1-11(2)17(20(29)30)25-19(28)16(7-12-3-5-14(26)6-4-12)24-18(27)15(21)8-13-9-22-10-23-13/h3-6,9-11,15-17,26H,7-8,21H2,1-2H3,(H,22,23)(H,24,27)(H,25,28)(H,29,30). The summed E-state index contributed by atoms with van der Waals surface area (Å²) in [5.41, 5.74) is 7.29. The molecule has 2 aromatic rings. The number of phenolic OH excluding ortho intramolecular Hbond substituents is 1. The molecule has 0 aliphatic rings. The van der Waals surface area contributed by atoms with E-state index >= 15 is 0 Å². The first-order chi connectivity index (χ1) is 14.2. The molecule has 0 spiro atoms. The van der Waals surface area contributed by atoms with Gasteiger partial charge in [0.05, 0.1) is 12.4 Å². The first kappa shape index (κ1) is 22.9. The highest BCUT2D eigenvalue weighted by atomic mass is 16.4. The maximum atomic E-state index is 12.8. The van der Waals surface area contributed by atoms with Crippen molar-refractivity contribution in [3.63, 3.8) is 0 Å². The molecule has 0 bridgehead atoms. The van der Waals surface area contributed by atoms with Crippen LogP contribution >= 0.6 is 0 Å². The highest BCUT2D eigenvalue weighted by Crippen LogP contribution is 2.12. The summed E-state index contributed by atoms with van der Waals surface area (Å²) in [6.07, 6.45) is 3.31. The number of amides is 2. The number of carbonyl (C=O) groups is 3. The van der Waals surface area contributed by atoms with E-state index in [2.05, 4.69) is 20.6 Å². The molecule has 2 amide bonds. The van der Waals surface area contributed by atoms with Crippen molar-refractivity contribution < 1.29 is 24.6 Å². The third kappa shape index (κ3) is 6.59. The number of aliphatic carboxylic acids is 1. The summed E-state index contributed by atoms with van der Waals surface area (Å²) in [6.45, 7) is 3.35. The topological polar surface area (TPSA) is 170 Å². The van der Waals surface area contributed by atoms with Gasteiger partial charge in [0.25, 0.3) is 0 Å². The maximum Gasteiger partial charge on any atom is 0.326 e. The zero-order valence-corrected chi connectivity index (χ0v) is 16.8. The van der Waals surface area contributed by atoms with Crippen molar-refractivity contribution in [1.82, 2.24) is 20.6 Å². The van der Waals surface area contributed by atoms with Crippen LogP contribution in [0.4, 0.5) is 0 Å². The van der Waals surface area contributed by atoms with Crippen LogP contribution in [0.2, 0.25) is 0 Å². The molecule has 0 saturated heterocycles. The number of aromatic hydroxyl groups is 1. The number of nitrogens with two attached hydrogens (primary N) is 1. The van der Waals surface area contributed by atoms with Crippen LogP contribution in [0, 0.1) is 5.92 Å². The molecule has 2 rings (SSSR count). The Morgan fingerprint density at radius 2 is 1.77 bits per heavy atom. The smallest absolute Gasteiger partial charge is 0.326 e. The Labute approximate surface area is 173 Å². The average molecular weight is 417 g/mol. The second-order valence-corrected chi connectivity index (χ2v) is 7.39. The Kier molecular flexibility index (Phi) is 7.93. The van der Waals surface area contributed by atoms with Gasteiger partial charge in [-0.1, -0.05) is 26.0 Å². The molecule has 0 fully saturated rings. The molecule has 7 N–H and O–H groups in total. The van der Waals surface area contributed by atoms with Gasteiger partial charge in [-0.25, -0.2) is 9.78 Å². The summed E-state index contributed by atoms with van der Waals surface area (Å²) in [6, 6.07) is 3.08. The lowest BCUT2D eigenvalue weighted by Gasteiger charge is -2.24. The van der Waals surface area contributed by atoms with Gasteiger partial charge >= 0.3 is 5.97 Å². The number of phenols is 1. The number of nitrogens with one attached hydrogen (secondary N) is 3. The number of carboxylic acids is 1. The lowest BCUT2D eigenvalue weighted by Crippen LogP contribution is -2.56. The average Bonchev–Trinajstić information content (AvgIpc) is 3.19. The Morgan fingerprint density at radius 3 is 2.30 bits per heavy atom. The molecule has 1 aromatic heterocycles. The molecule has 0 aliphatic carbocycles. The highest BCUT2D eigenvalue weighted by molar-refractivity contribution is 5.92. The van der Waals surface area contributed by atoms with Crippen LogP contribution in [-0.2, 0) is 27.2 Å². The molecule has 1 aromatic carbocycles. The number of H-pyrrole nitrogens is 1. The fourth-order valence-electron chi connectivity index (χ4n) is 2.85. The van der Waals surface area contributed by atoms with Crippen molar-refractivity contribution in [3.8, 4) is 5.75 Å². The molecule has 162 valence electrons. The number of aromatic nitrogens is 2. The molecule has 10 heteroatoms. The van der Waals surface area contributed by atoms with Crippen LogP contribution < -0.4 is 16.4 Å². The van der Waals surface area contributed by atoms with E-state index in [-0.39, 0.29) is 24.5 Å². The second-order valence-electron chi connectivity index (χ2n) is 7.39. The molecule has 3 atom stereocenters. The third-order valence-corrected chi connectivity index (χ3v) is 4.57. The van der Waals surface area contributed by atoms with Crippen molar-refractivity contribution in [2.45, 2.75) is 44.8 Å². The number of rotatable bonds is 10. The lowest BCUT2D eigenvalue weighted by molar-refractivity contribution is -0.143. The van der Waals surface area contributed by atoms with Gasteiger partial charge in [0.15, 0.2) is 0 Å². The van der Waals surface area contributed by atoms with Gasteiger partial charge in [-0.15, -0.1) is 0 Å². The van der Waals surface area contributed by atoms with Crippen LogP contribution in [0.25, 0.3) is 0 Å². The van der Waals surface area contributed by atoms with Gasteiger partial charge in [0.2, 0.25) is 11.8 Å². The molecular weight excluding hydrogens is 390 g/mol. The molecule has 1 heterocycles. The largest absolute Gasteiger partial charge is 0.508 e. The number of carboxylic acid groups (broad SMARTS) is 1. The van der Waals surface area contributed by atoms with Crippen molar-refractivity contribution in [2.24, 2.45) is 11.7 Å². The van der Waals surface area contributed by atoms with Crippen LogP contribution in [-0.4, -0.2) is 56.1 Å². The van der Waals surface area contributed by atoms with Crippen molar-refractivity contribution in [3.05, 3.63) is 48.0 Å². The van der Waals surface area contributed by atoms with E-state index in [0.717, 1.165) is 0 Å². The summed E-state index contributed by atoms with van der Waals surface area (Å²) in [5.74, 6) is -2.63. The summed E-state index contributed by atoms with van der Waals surface area (Å²) in [5, 5.41) is 23.9. The monoisotopic (exact) mass is 417 g/mol. The van der Waals surface area contributed by atoms with E-state index in [1.165, 1.54) is 18.5 Å². The van der Waals surface area contributed by atoms with Gasteiger partial charge in [0, 0.05) is 24.7 Å². The molecule has 10 nitrogen and oxygen atoms in total. The molecule has 0 aliphatic heterocycles. The second kappa shape index (κ2) is 10.4. The SMILES string of the molecule is CC(C)C(NC(=O)C(Cc1ccc(O)cc1)NC(=O)C(N)Cc1cnc[nH]1)C(=O)O. The van der Waals surface area contributed by atoms with Crippen molar-refractivity contribution in [2.75, 3.05) is 0 Å². The minimum atomic E-state index is -1.16. The number of hydrogen-bond acceptors (Lipinski definition) is 6. The van der Waals surface area contributed by atoms with Crippen LogP contribution in [0.3, 0.4) is 0 Å². The van der Waals surface area contributed by atoms with Gasteiger partial charge in [0.1, 0.15) is 17.8 Å². The summed E-state index contributed by atoms with van der Waals surface area (Å²) in [4.78, 5) is 43.6. The number of nitrogens with zero attached hydrogens (tertiary/aromatic N) is 1. The summed E-state index contributed by atoms with van der Waals surface area (Å²) in [7, 11) is 0. The predicted octanol–water partition coefficient (Wildman–Crippen LogP) is -0.0620. The third-order valence-electron chi connectivity index (χ3n) is 4.57. The van der Waals surface area contributed by atoms with Gasteiger partial charge in [-0.05, 0) is 23.6 Å². The Balaban J connectivity index is 2.14. The minimum absolute atomic E-state index is 0.0658. The van der Waals surface area contributed by atoms with E-state index in [4.69, 9.17) is 5.73 Å². The number of hydrogen-bond donors (Lipinski definition) is 6. The molecular formula is C20H27N5O5. The van der Waals surface area contributed by atoms with Gasteiger partial charge in [-0.2, -0.15) is 0 Å². The predicted molar refractivity (Wildman–Crippen MR) is 108 cm³/mol. The zero-order valence-electron chi connectivity index (χ0n) is 16.8. The molecule has 3 unspecified atom stereocenters. The fraction of sp³-hybridized carbons (Fsp3) is 0.400. The normalized spacial score (nSPS) is 14.0. The van der Waals surface area contributed by atoms with Crippen LogP contribution in [0.5, 0.6) is 5.75 Å². The van der Waals surface area contributed by atoms with E-state index in [1.807, 2.05) is 0 Å². The van der Waals surface area contributed by atoms with Crippen molar-refractivity contribution in [1.29, 1.82) is 0 Å². The molecule has 0 radical (unpaired) electrons. The van der Waals surface area contributed by atoms with E-state index in [0.29, 0.717) is 11.3 Å². The quantitative estimate of drug-likeness (QED) is 0.314. The van der Waals surface area contributed by atoms with Gasteiger partial charge < -0.3 is 31.6 Å². The van der Waals surface area contributed by atoms with E-state index in [1.54, 1.807) is 32.2 Å². The van der Waals surface area contributed by atoms with Crippen LogP contribution in [0.1, 0.15) is 25.1 Å². The number of aromatic amines is 1. The van der Waals surface area contributed by atoms with Gasteiger partial charge in [-0.3, -0.25) is 9.59 Å². The summed E-state index contributed by atoms with van der Waals surface area (Å²) >= 11 is 0. The van der Waals surface area contributed by atoms with Crippen LogP contribution in [0.15, 0.2) is 36.8 Å². The van der Waals surface area contributed by atoms with E-state index in [9.17, 15) is 24.6 Å². The first-order valence-electron chi connectivity index (χ1n) is 9.51. The first-order valence-corrected chi connectivity index (χ1v) is 9.51. The zero-order chi connectivity index (χ0) is 22.3.